The van der Waals surface area contributed by atoms with E-state index in [1.807, 2.05) is 24.8 Å². The molecule has 0 spiro atoms. The van der Waals surface area contributed by atoms with Gasteiger partial charge in [-0.1, -0.05) is 6.07 Å². The molecule has 0 fully saturated rings. The lowest BCUT2D eigenvalue weighted by molar-refractivity contribution is 0.412. The predicted molar refractivity (Wildman–Crippen MR) is 74.3 cm³/mol. The minimum atomic E-state index is 0.177. The second-order valence-corrected chi connectivity index (χ2v) is 5.64. The maximum absolute atomic E-state index is 5.92. The minimum Gasteiger partial charge on any atom is -0.495 e. The van der Waals surface area contributed by atoms with Crippen LogP contribution in [0.5, 0.6) is 5.75 Å². The summed E-state index contributed by atoms with van der Waals surface area (Å²) in [6.45, 7) is 6.12. The van der Waals surface area contributed by atoms with Crippen LogP contribution >= 0.6 is 11.8 Å². The molecule has 1 unspecified atom stereocenters. The SMILES string of the molecule is COc1ccc(C)c2c1N(CC(C)N)CCS2. The monoisotopic (exact) mass is 252 g/mol. The van der Waals surface area contributed by atoms with Gasteiger partial charge in [-0.15, -0.1) is 11.8 Å². The van der Waals surface area contributed by atoms with Crippen molar-refractivity contribution in [2.45, 2.75) is 24.8 Å². The van der Waals surface area contributed by atoms with E-state index in [9.17, 15) is 0 Å². The first-order valence-electron chi connectivity index (χ1n) is 5.94. The third-order valence-corrected chi connectivity index (χ3v) is 4.13. The Balaban J connectivity index is 2.43. The first-order chi connectivity index (χ1) is 8.13. The topological polar surface area (TPSA) is 38.5 Å². The van der Waals surface area contributed by atoms with Gasteiger partial charge in [0.2, 0.25) is 0 Å². The number of benzene rings is 1. The first-order valence-corrected chi connectivity index (χ1v) is 6.93. The molecule has 0 amide bonds. The van der Waals surface area contributed by atoms with Gasteiger partial charge in [0.1, 0.15) is 5.75 Å². The van der Waals surface area contributed by atoms with Gasteiger partial charge < -0.3 is 15.4 Å². The van der Waals surface area contributed by atoms with E-state index in [0.717, 1.165) is 24.6 Å². The molecule has 17 heavy (non-hydrogen) atoms. The molecule has 1 aromatic carbocycles. The zero-order chi connectivity index (χ0) is 12.4. The average molecular weight is 252 g/mol. The van der Waals surface area contributed by atoms with Gasteiger partial charge in [0.25, 0.3) is 0 Å². The zero-order valence-electron chi connectivity index (χ0n) is 10.7. The number of fused-ring (bicyclic) bond motifs is 1. The molecule has 1 atom stereocenters. The third-order valence-electron chi connectivity index (χ3n) is 2.94. The highest BCUT2D eigenvalue weighted by Gasteiger charge is 2.23. The summed E-state index contributed by atoms with van der Waals surface area (Å²) in [5, 5.41) is 0. The summed E-state index contributed by atoms with van der Waals surface area (Å²) in [6, 6.07) is 4.35. The summed E-state index contributed by atoms with van der Waals surface area (Å²) in [6.07, 6.45) is 0. The van der Waals surface area contributed by atoms with Gasteiger partial charge in [0, 0.05) is 29.8 Å². The van der Waals surface area contributed by atoms with Crippen molar-refractivity contribution >= 4 is 17.4 Å². The van der Waals surface area contributed by atoms with Gasteiger partial charge in [-0.05, 0) is 25.5 Å². The highest BCUT2D eigenvalue weighted by Crippen LogP contribution is 2.43. The standard InChI is InChI=1S/C13H20N2OS/c1-9-4-5-11(16-3)12-13(9)17-7-6-15(12)8-10(2)14/h4-5,10H,6-8,14H2,1-3H3. The number of hydrogen-bond acceptors (Lipinski definition) is 4. The molecule has 0 saturated carbocycles. The van der Waals surface area contributed by atoms with Gasteiger partial charge >= 0.3 is 0 Å². The van der Waals surface area contributed by atoms with E-state index in [-0.39, 0.29) is 6.04 Å². The summed E-state index contributed by atoms with van der Waals surface area (Å²) in [7, 11) is 1.73. The Morgan fingerprint density at radius 1 is 1.53 bits per heavy atom. The average Bonchev–Trinajstić information content (AvgIpc) is 2.30. The molecule has 1 heterocycles. The number of rotatable bonds is 3. The summed E-state index contributed by atoms with van der Waals surface area (Å²) < 4.78 is 5.48. The van der Waals surface area contributed by atoms with Crippen LogP contribution < -0.4 is 15.4 Å². The molecule has 94 valence electrons. The second kappa shape index (κ2) is 5.19. The predicted octanol–water partition coefficient (Wildman–Crippen LogP) is 2.26. The van der Waals surface area contributed by atoms with Crippen molar-refractivity contribution in [2.24, 2.45) is 5.73 Å². The molecular weight excluding hydrogens is 232 g/mol. The Hall–Kier alpha value is -0.870. The van der Waals surface area contributed by atoms with Gasteiger partial charge in [0.05, 0.1) is 12.8 Å². The molecule has 3 nitrogen and oxygen atoms in total. The number of anilines is 1. The molecule has 1 aliphatic heterocycles. The first kappa shape index (κ1) is 12.6. The fraction of sp³-hybridized carbons (Fsp3) is 0.538. The molecule has 1 aromatic rings. The van der Waals surface area contributed by atoms with Crippen LogP contribution in [0.2, 0.25) is 0 Å². The molecule has 1 aliphatic rings. The smallest absolute Gasteiger partial charge is 0.143 e. The Bertz CT molecular complexity index is 407. The molecule has 4 heteroatoms. The van der Waals surface area contributed by atoms with Crippen molar-refractivity contribution in [1.29, 1.82) is 0 Å². The van der Waals surface area contributed by atoms with E-state index in [0.29, 0.717) is 0 Å². The molecule has 0 bridgehead atoms. The normalized spacial score (nSPS) is 16.6. The fourth-order valence-corrected chi connectivity index (χ4v) is 3.38. The lowest BCUT2D eigenvalue weighted by Crippen LogP contribution is -2.39. The van der Waals surface area contributed by atoms with Crippen molar-refractivity contribution in [2.75, 3.05) is 30.9 Å². The van der Waals surface area contributed by atoms with E-state index >= 15 is 0 Å². The Labute approximate surface area is 107 Å². The fourth-order valence-electron chi connectivity index (χ4n) is 2.20. The summed E-state index contributed by atoms with van der Waals surface area (Å²) >= 11 is 1.91. The van der Waals surface area contributed by atoms with Crippen LogP contribution in [0.3, 0.4) is 0 Å². The summed E-state index contributed by atoms with van der Waals surface area (Å²) in [5.74, 6) is 2.08. The van der Waals surface area contributed by atoms with Gasteiger partial charge in [-0.2, -0.15) is 0 Å². The van der Waals surface area contributed by atoms with Crippen molar-refractivity contribution in [1.82, 2.24) is 0 Å². The van der Waals surface area contributed by atoms with Crippen LogP contribution in [0, 0.1) is 6.92 Å². The van der Waals surface area contributed by atoms with Crippen LogP contribution in [0.1, 0.15) is 12.5 Å². The zero-order valence-corrected chi connectivity index (χ0v) is 11.5. The lowest BCUT2D eigenvalue weighted by atomic mass is 10.1. The van der Waals surface area contributed by atoms with Crippen molar-refractivity contribution in [3.63, 3.8) is 0 Å². The molecular formula is C13H20N2OS. The maximum Gasteiger partial charge on any atom is 0.143 e. The number of thioether (sulfide) groups is 1. The second-order valence-electron chi connectivity index (χ2n) is 4.53. The highest BCUT2D eigenvalue weighted by molar-refractivity contribution is 7.99. The van der Waals surface area contributed by atoms with Crippen molar-refractivity contribution in [3.8, 4) is 5.75 Å². The Kier molecular flexibility index (Phi) is 3.84. The Morgan fingerprint density at radius 3 is 2.94 bits per heavy atom. The lowest BCUT2D eigenvalue weighted by Gasteiger charge is -2.34. The maximum atomic E-state index is 5.92. The molecule has 2 N–H and O–H groups in total. The van der Waals surface area contributed by atoms with E-state index in [1.165, 1.54) is 16.1 Å². The molecule has 0 radical (unpaired) electrons. The molecule has 0 saturated heterocycles. The third kappa shape index (κ3) is 2.53. The van der Waals surface area contributed by atoms with Crippen LogP contribution in [-0.2, 0) is 0 Å². The number of ether oxygens (including phenoxy) is 1. The molecule has 2 rings (SSSR count). The number of aryl methyl sites for hydroxylation is 1. The largest absolute Gasteiger partial charge is 0.495 e. The summed E-state index contributed by atoms with van der Waals surface area (Å²) in [5.41, 5.74) is 8.46. The van der Waals surface area contributed by atoms with E-state index in [1.54, 1.807) is 7.11 Å². The number of nitrogens with zero attached hydrogens (tertiary/aromatic N) is 1. The number of hydrogen-bond donors (Lipinski definition) is 1. The Morgan fingerprint density at radius 2 is 2.29 bits per heavy atom. The van der Waals surface area contributed by atoms with Gasteiger partial charge in [0.15, 0.2) is 0 Å². The van der Waals surface area contributed by atoms with Gasteiger partial charge in [-0.3, -0.25) is 0 Å². The molecule has 0 aromatic heterocycles. The van der Waals surface area contributed by atoms with Crippen LogP contribution in [0.15, 0.2) is 17.0 Å². The van der Waals surface area contributed by atoms with Crippen LogP contribution in [0.4, 0.5) is 5.69 Å². The summed E-state index contributed by atoms with van der Waals surface area (Å²) in [4.78, 5) is 3.69. The van der Waals surface area contributed by atoms with Crippen LogP contribution in [0.25, 0.3) is 0 Å². The quantitative estimate of drug-likeness (QED) is 0.895. The highest BCUT2D eigenvalue weighted by atomic mass is 32.2. The van der Waals surface area contributed by atoms with E-state index in [2.05, 4.69) is 17.9 Å². The minimum absolute atomic E-state index is 0.177. The molecule has 0 aliphatic carbocycles. The van der Waals surface area contributed by atoms with Crippen molar-refractivity contribution in [3.05, 3.63) is 17.7 Å². The van der Waals surface area contributed by atoms with Crippen molar-refractivity contribution < 1.29 is 4.74 Å². The van der Waals surface area contributed by atoms with Gasteiger partial charge in [-0.25, -0.2) is 0 Å². The van der Waals surface area contributed by atoms with E-state index in [4.69, 9.17) is 10.5 Å². The van der Waals surface area contributed by atoms with E-state index < -0.39 is 0 Å². The number of nitrogens with two attached hydrogens (primary N) is 1. The number of methoxy groups -OCH3 is 1. The van der Waals surface area contributed by atoms with Crippen LogP contribution in [-0.4, -0.2) is 32.0 Å².